The fourth-order valence-corrected chi connectivity index (χ4v) is 6.64. The van der Waals surface area contributed by atoms with Crippen LogP contribution in [-0.2, 0) is 17.9 Å². The van der Waals surface area contributed by atoms with E-state index in [1.54, 1.807) is 23.1 Å². The van der Waals surface area contributed by atoms with Crippen molar-refractivity contribution in [2.45, 2.75) is 88.1 Å². The molecule has 2 fully saturated rings. The third kappa shape index (κ3) is 5.74. The highest BCUT2D eigenvalue weighted by Crippen LogP contribution is 2.47. The van der Waals surface area contributed by atoms with Crippen LogP contribution in [0.2, 0.25) is 0 Å². The summed E-state index contributed by atoms with van der Waals surface area (Å²) in [7, 11) is 0. The van der Waals surface area contributed by atoms with Crippen molar-refractivity contribution in [2.24, 2.45) is 5.92 Å². The van der Waals surface area contributed by atoms with Crippen LogP contribution < -0.4 is 10.9 Å². The molecule has 1 aliphatic carbocycles. The quantitative estimate of drug-likeness (QED) is 0.322. The van der Waals surface area contributed by atoms with Gasteiger partial charge in [-0.2, -0.15) is 5.26 Å². The molecule has 2 aromatic heterocycles. The van der Waals surface area contributed by atoms with Crippen molar-refractivity contribution >= 4 is 16.9 Å². The van der Waals surface area contributed by atoms with Crippen LogP contribution in [0.5, 0.6) is 0 Å². The van der Waals surface area contributed by atoms with Gasteiger partial charge in [-0.15, -0.1) is 0 Å². The van der Waals surface area contributed by atoms with E-state index in [2.05, 4.69) is 21.4 Å². The third-order valence-corrected chi connectivity index (χ3v) is 9.47. The SMILES string of the molecule is C[C@H]1Nc2ncnc3c2cc(C2(C#N)CC2)c(=O)n3CCCCCC(F)(F)CN2CCC(CC2)C(F)(F)c2cccc1c2. The van der Waals surface area contributed by atoms with E-state index in [1.165, 1.54) is 23.0 Å². The lowest BCUT2D eigenvalue weighted by molar-refractivity contribution is -0.0974. The van der Waals surface area contributed by atoms with E-state index in [1.807, 2.05) is 6.92 Å². The molecule has 1 atom stereocenters. The first-order chi connectivity index (χ1) is 20.5. The van der Waals surface area contributed by atoms with Crippen LogP contribution in [0.4, 0.5) is 23.4 Å². The summed E-state index contributed by atoms with van der Waals surface area (Å²) in [5.74, 6) is -6.54. The molecule has 0 radical (unpaired) electrons. The average Bonchev–Trinajstić information content (AvgIpc) is 3.79. The van der Waals surface area contributed by atoms with Crippen LogP contribution in [0, 0.1) is 17.2 Å². The number of benzene rings is 1. The molecule has 43 heavy (non-hydrogen) atoms. The Bertz CT molecular complexity index is 1600. The summed E-state index contributed by atoms with van der Waals surface area (Å²) >= 11 is 0. The van der Waals surface area contributed by atoms with Crippen LogP contribution in [0.1, 0.15) is 81.0 Å². The zero-order valence-corrected chi connectivity index (χ0v) is 24.3. The monoisotopic (exact) mass is 596 g/mol. The van der Waals surface area contributed by atoms with Crippen LogP contribution in [-0.4, -0.2) is 45.0 Å². The van der Waals surface area contributed by atoms with Crippen LogP contribution >= 0.6 is 0 Å². The number of nitrogens with zero attached hydrogens (tertiary/aromatic N) is 5. The molecule has 1 saturated heterocycles. The van der Waals surface area contributed by atoms with E-state index in [0.29, 0.717) is 53.7 Å². The number of rotatable bonds is 1. The molecule has 11 heteroatoms. The largest absolute Gasteiger partial charge is 0.363 e. The summed E-state index contributed by atoms with van der Waals surface area (Å²) in [6.45, 7) is 2.11. The summed E-state index contributed by atoms with van der Waals surface area (Å²) in [6.07, 6.45) is 3.72. The Hall–Kier alpha value is -3.52. The van der Waals surface area contributed by atoms with Gasteiger partial charge in [-0.05, 0) is 76.2 Å². The number of hydrogen-bond donors (Lipinski definition) is 1. The summed E-state index contributed by atoms with van der Waals surface area (Å²) in [5.41, 5.74) is 0.135. The van der Waals surface area contributed by atoms with Gasteiger partial charge < -0.3 is 5.32 Å². The molecule has 0 amide bonds. The maximum atomic E-state index is 15.8. The smallest absolute Gasteiger partial charge is 0.276 e. The molecule has 7 nitrogen and oxygen atoms in total. The second-order valence-electron chi connectivity index (χ2n) is 12.5. The molecule has 1 N–H and O–H groups in total. The van der Waals surface area contributed by atoms with Crippen LogP contribution in [0.25, 0.3) is 11.0 Å². The van der Waals surface area contributed by atoms with Gasteiger partial charge in [0, 0.05) is 36.1 Å². The Labute approximate surface area is 247 Å². The molecule has 228 valence electrons. The molecular formula is C32H36F4N6O. The molecule has 1 aromatic carbocycles. The lowest BCUT2D eigenvalue weighted by atomic mass is 9.85. The zero-order chi connectivity index (χ0) is 30.4. The Balaban J connectivity index is 1.41. The van der Waals surface area contributed by atoms with Gasteiger partial charge in [0.15, 0.2) is 0 Å². The first-order valence-electron chi connectivity index (χ1n) is 15.2. The molecule has 0 spiro atoms. The van der Waals surface area contributed by atoms with Gasteiger partial charge in [0.25, 0.3) is 17.4 Å². The number of alkyl halides is 4. The van der Waals surface area contributed by atoms with Crippen molar-refractivity contribution < 1.29 is 17.6 Å². The lowest BCUT2D eigenvalue weighted by Crippen LogP contribution is -2.44. The van der Waals surface area contributed by atoms with E-state index in [4.69, 9.17) is 0 Å². The van der Waals surface area contributed by atoms with Gasteiger partial charge in [0.1, 0.15) is 17.8 Å². The van der Waals surface area contributed by atoms with E-state index in [-0.39, 0.29) is 56.4 Å². The van der Waals surface area contributed by atoms with Gasteiger partial charge in [0.05, 0.1) is 23.4 Å². The third-order valence-electron chi connectivity index (χ3n) is 9.47. The van der Waals surface area contributed by atoms with Crippen LogP contribution in [0.3, 0.4) is 0 Å². The fraction of sp³-hybridized carbons (Fsp3) is 0.562. The molecule has 4 aliphatic rings. The first-order valence-corrected chi connectivity index (χ1v) is 15.2. The van der Waals surface area contributed by atoms with Crippen molar-refractivity contribution in [3.8, 4) is 6.07 Å². The first kappa shape index (κ1) is 29.5. The van der Waals surface area contributed by atoms with Gasteiger partial charge in [-0.1, -0.05) is 24.6 Å². The number of aryl methyl sites for hydroxylation is 1. The van der Waals surface area contributed by atoms with Gasteiger partial charge in [0.2, 0.25) is 0 Å². The highest BCUT2D eigenvalue weighted by molar-refractivity contribution is 5.87. The number of pyridine rings is 1. The molecule has 7 rings (SSSR count). The van der Waals surface area contributed by atoms with Crippen molar-refractivity contribution in [1.82, 2.24) is 19.4 Å². The number of anilines is 1. The summed E-state index contributed by atoms with van der Waals surface area (Å²) in [6, 6.07) is 9.88. The molecule has 0 unspecified atom stereocenters. The van der Waals surface area contributed by atoms with Crippen molar-refractivity contribution in [3.05, 3.63) is 63.7 Å². The predicted octanol–water partition coefficient (Wildman–Crippen LogP) is 6.53. The Kier molecular flexibility index (Phi) is 7.69. The highest BCUT2D eigenvalue weighted by Gasteiger charge is 2.48. The Morgan fingerprint density at radius 3 is 2.49 bits per heavy atom. The fourth-order valence-electron chi connectivity index (χ4n) is 6.64. The second kappa shape index (κ2) is 11.2. The molecule has 3 aliphatic heterocycles. The number of fused-ring (bicyclic) bond motifs is 9. The Morgan fingerprint density at radius 2 is 1.77 bits per heavy atom. The maximum absolute atomic E-state index is 15.8. The number of aromatic nitrogens is 3. The summed E-state index contributed by atoms with van der Waals surface area (Å²) in [5, 5.41) is 13.8. The van der Waals surface area contributed by atoms with Crippen molar-refractivity contribution in [3.63, 3.8) is 0 Å². The van der Waals surface area contributed by atoms with Gasteiger partial charge >= 0.3 is 0 Å². The maximum Gasteiger partial charge on any atom is 0.276 e. The molecule has 1 saturated carbocycles. The van der Waals surface area contributed by atoms with E-state index in [9.17, 15) is 18.8 Å². The highest BCUT2D eigenvalue weighted by atomic mass is 19.3. The number of halogens is 4. The molecular weight excluding hydrogens is 560 g/mol. The normalized spacial score (nSPS) is 26.7. The number of nitriles is 1. The minimum absolute atomic E-state index is 0.0957. The minimum Gasteiger partial charge on any atom is -0.363 e. The number of nitrogens with one attached hydrogen (secondary N) is 1. The number of piperidine rings is 1. The van der Waals surface area contributed by atoms with Crippen molar-refractivity contribution in [1.29, 1.82) is 5.26 Å². The Morgan fingerprint density at radius 1 is 1.00 bits per heavy atom. The summed E-state index contributed by atoms with van der Waals surface area (Å²) in [4.78, 5) is 24.1. The lowest BCUT2D eigenvalue weighted by Gasteiger charge is -2.37. The van der Waals surface area contributed by atoms with Crippen LogP contribution in [0.15, 0.2) is 41.5 Å². The minimum atomic E-state index is -3.11. The topological polar surface area (TPSA) is 86.8 Å². The number of hydrogen-bond acceptors (Lipinski definition) is 6. The van der Waals surface area contributed by atoms with Gasteiger partial charge in [-0.25, -0.2) is 27.5 Å². The van der Waals surface area contributed by atoms with Crippen molar-refractivity contribution in [2.75, 3.05) is 25.0 Å². The predicted molar refractivity (Wildman–Crippen MR) is 155 cm³/mol. The van der Waals surface area contributed by atoms with E-state index >= 15 is 8.78 Å². The van der Waals surface area contributed by atoms with E-state index in [0.717, 1.165) is 0 Å². The zero-order valence-electron chi connectivity index (χ0n) is 24.3. The average molecular weight is 597 g/mol. The molecule has 5 heterocycles. The molecule has 8 bridgehead atoms. The van der Waals surface area contributed by atoms with E-state index < -0.39 is 35.8 Å². The summed E-state index contributed by atoms with van der Waals surface area (Å²) < 4.78 is 62.9. The standard InChI is InChI=1S/C32H36F4N6O/c1-21-22-6-5-7-24(16-22)32(35,36)23-8-14-41(15-9-23)19-31(33,34)10-3-2-4-13-42-28-25(27(40-21)38-20-39-28)17-26(29(42)43)30(18-37)11-12-30/h5-7,16-17,20-21,23H,2-4,8-15,19H2,1H3,(H,38,39,40)/t21-/m1/s1. The second-order valence-corrected chi connectivity index (χ2v) is 12.5. The molecule has 3 aromatic rings. The van der Waals surface area contributed by atoms with Gasteiger partial charge in [-0.3, -0.25) is 14.3 Å².